The molecule has 0 radical (unpaired) electrons. The number of ether oxygens (including phenoxy) is 1. The van der Waals surface area contributed by atoms with Gasteiger partial charge in [-0.25, -0.2) is 4.79 Å². The summed E-state index contributed by atoms with van der Waals surface area (Å²) in [5.74, 6) is 0.524. The first-order chi connectivity index (χ1) is 5.54. The number of thioether (sulfide) groups is 1. The number of methoxy groups -OCH3 is 1. The van der Waals surface area contributed by atoms with E-state index in [-0.39, 0.29) is 5.97 Å². The van der Waals surface area contributed by atoms with Gasteiger partial charge >= 0.3 is 5.97 Å². The largest absolute Gasteiger partial charge is 0.467 e. The van der Waals surface area contributed by atoms with Crippen molar-refractivity contribution < 1.29 is 9.53 Å². The Morgan fingerprint density at radius 1 is 1.67 bits per heavy atom. The van der Waals surface area contributed by atoms with E-state index >= 15 is 0 Å². The lowest BCUT2D eigenvalue weighted by molar-refractivity contribution is -0.140. The summed E-state index contributed by atoms with van der Waals surface area (Å²) >= 11 is 7.34. The maximum absolute atomic E-state index is 11.1. The summed E-state index contributed by atoms with van der Waals surface area (Å²) in [6.07, 6.45) is 2.19. The van der Waals surface area contributed by atoms with Gasteiger partial charge in [0, 0.05) is 0 Å². The molecular formula is C8H15ClO2S. The van der Waals surface area contributed by atoms with Gasteiger partial charge in [0.2, 0.25) is 0 Å². The fourth-order valence-corrected chi connectivity index (χ4v) is 1.98. The van der Waals surface area contributed by atoms with Gasteiger partial charge in [-0.05, 0) is 19.1 Å². The van der Waals surface area contributed by atoms with E-state index < -0.39 is 4.21 Å². The highest BCUT2D eigenvalue weighted by Crippen LogP contribution is 2.31. The Bertz CT molecular complexity index is 148. The number of alkyl halides is 1. The van der Waals surface area contributed by atoms with Gasteiger partial charge in [-0.1, -0.05) is 24.9 Å². The van der Waals surface area contributed by atoms with Crippen LogP contribution in [0.5, 0.6) is 0 Å². The van der Waals surface area contributed by atoms with Gasteiger partial charge < -0.3 is 4.74 Å². The van der Waals surface area contributed by atoms with E-state index in [2.05, 4.69) is 11.7 Å². The average molecular weight is 211 g/mol. The van der Waals surface area contributed by atoms with Gasteiger partial charge in [-0.3, -0.25) is 0 Å². The molecular weight excluding hydrogens is 196 g/mol. The van der Waals surface area contributed by atoms with E-state index in [9.17, 15) is 4.79 Å². The third kappa shape index (κ3) is 4.21. The van der Waals surface area contributed by atoms with Crippen LogP contribution in [0, 0.1) is 0 Å². The summed E-state index contributed by atoms with van der Waals surface area (Å²) in [4.78, 5) is 11.1. The molecule has 12 heavy (non-hydrogen) atoms. The highest BCUT2D eigenvalue weighted by molar-refractivity contribution is 8.02. The summed E-state index contributed by atoms with van der Waals surface area (Å²) in [5.41, 5.74) is 0. The van der Waals surface area contributed by atoms with Crippen molar-refractivity contribution in [1.29, 1.82) is 0 Å². The lowest BCUT2D eigenvalue weighted by atomic mass is 10.4. The molecule has 0 saturated carbocycles. The van der Waals surface area contributed by atoms with Gasteiger partial charge in [0.15, 0.2) is 4.21 Å². The summed E-state index contributed by atoms with van der Waals surface area (Å²) in [6.45, 7) is 3.77. The monoisotopic (exact) mass is 210 g/mol. The smallest absolute Gasteiger partial charge is 0.337 e. The maximum Gasteiger partial charge on any atom is 0.337 e. The minimum absolute atomic E-state index is 0.370. The lowest BCUT2D eigenvalue weighted by Crippen LogP contribution is -2.26. The van der Waals surface area contributed by atoms with E-state index in [4.69, 9.17) is 11.6 Å². The number of unbranched alkanes of at least 4 members (excludes halogenated alkanes) is 1. The van der Waals surface area contributed by atoms with Crippen LogP contribution in [-0.2, 0) is 9.53 Å². The Hall–Kier alpha value is 0.110. The van der Waals surface area contributed by atoms with E-state index in [1.807, 2.05) is 0 Å². The van der Waals surface area contributed by atoms with Gasteiger partial charge in [0.25, 0.3) is 0 Å². The Morgan fingerprint density at radius 3 is 2.67 bits per heavy atom. The number of esters is 1. The zero-order valence-electron chi connectivity index (χ0n) is 7.72. The van der Waals surface area contributed by atoms with E-state index in [1.165, 1.54) is 18.9 Å². The van der Waals surface area contributed by atoms with Crippen LogP contribution in [0.3, 0.4) is 0 Å². The molecule has 0 aromatic rings. The second-order valence-corrected chi connectivity index (χ2v) is 5.10. The van der Waals surface area contributed by atoms with Gasteiger partial charge in [0.1, 0.15) is 0 Å². The first-order valence-corrected chi connectivity index (χ1v) is 5.32. The molecule has 72 valence electrons. The molecule has 0 aromatic heterocycles. The fourth-order valence-electron chi connectivity index (χ4n) is 0.649. The van der Waals surface area contributed by atoms with Crippen molar-refractivity contribution in [2.24, 2.45) is 0 Å². The Balaban J connectivity index is 3.78. The van der Waals surface area contributed by atoms with Crippen LogP contribution < -0.4 is 0 Å². The fraction of sp³-hybridized carbons (Fsp3) is 0.875. The molecule has 2 nitrogen and oxygen atoms in total. The molecule has 0 spiro atoms. The number of hydrogen-bond acceptors (Lipinski definition) is 3. The van der Waals surface area contributed by atoms with E-state index in [0.717, 1.165) is 18.6 Å². The lowest BCUT2D eigenvalue weighted by Gasteiger charge is -2.17. The third-order valence-corrected chi connectivity index (χ3v) is 3.10. The average Bonchev–Trinajstić information content (AvgIpc) is 2.03. The highest BCUT2D eigenvalue weighted by Gasteiger charge is 2.31. The summed E-state index contributed by atoms with van der Waals surface area (Å²) < 4.78 is 3.64. The Morgan fingerprint density at radius 2 is 2.25 bits per heavy atom. The maximum atomic E-state index is 11.1. The summed E-state index contributed by atoms with van der Waals surface area (Å²) in [6, 6.07) is 0. The van der Waals surface area contributed by atoms with Crippen LogP contribution in [0.15, 0.2) is 0 Å². The Labute approximate surface area is 83.0 Å². The molecule has 0 heterocycles. The van der Waals surface area contributed by atoms with Crippen molar-refractivity contribution in [2.45, 2.75) is 30.9 Å². The van der Waals surface area contributed by atoms with Crippen molar-refractivity contribution in [3.63, 3.8) is 0 Å². The van der Waals surface area contributed by atoms with Crippen LogP contribution >= 0.6 is 23.4 Å². The molecule has 0 aliphatic carbocycles. The summed E-state index contributed by atoms with van der Waals surface area (Å²) in [7, 11) is 1.35. The molecule has 1 atom stereocenters. The molecule has 0 fully saturated rings. The van der Waals surface area contributed by atoms with Crippen molar-refractivity contribution in [2.75, 3.05) is 12.9 Å². The number of rotatable bonds is 5. The van der Waals surface area contributed by atoms with Crippen LogP contribution in [0.25, 0.3) is 0 Å². The molecule has 0 rings (SSSR count). The first kappa shape index (κ1) is 12.1. The number of carbonyl (C=O) groups is 1. The van der Waals surface area contributed by atoms with Crippen LogP contribution in [-0.4, -0.2) is 23.0 Å². The SMILES string of the molecule is CCCCSC(C)(Cl)C(=O)OC. The normalized spacial score (nSPS) is 15.3. The van der Waals surface area contributed by atoms with Gasteiger partial charge in [0.05, 0.1) is 7.11 Å². The molecule has 0 aliphatic rings. The predicted molar refractivity (Wildman–Crippen MR) is 53.6 cm³/mol. The zero-order chi connectivity index (χ0) is 9.61. The highest BCUT2D eigenvalue weighted by atomic mass is 35.5. The molecule has 0 aliphatic heterocycles. The third-order valence-electron chi connectivity index (χ3n) is 1.42. The molecule has 1 unspecified atom stereocenters. The molecule has 0 aromatic carbocycles. The first-order valence-electron chi connectivity index (χ1n) is 3.96. The standard InChI is InChI=1S/C8H15ClO2S/c1-4-5-6-12-8(2,9)7(10)11-3/h4-6H2,1-3H3. The van der Waals surface area contributed by atoms with Crippen LogP contribution in [0.4, 0.5) is 0 Å². The molecule has 0 bridgehead atoms. The van der Waals surface area contributed by atoms with Crippen molar-refractivity contribution >= 4 is 29.3 Å². The Kier molecular flexibility index (Phi) is 5.76. The van der Waals surface area contributed by atoms with Crippen molar-refractivity contribution in [3.05, 3.63) is 0 Å². The van der Waals surface area contributed by atoms with Crippen molar-refractivity contribution in [1.82, 2.24) is 0 Å². The predicted octanol–water partition coefficient (Wildman–Crippen LogP) is 2.65. The van der Waals surface area contributed by atoms with Crippen molar-refractivity contribution in [3.8, 4) is 0 Å². The number of carbonyl (C=O) groups excluding carboxylic acids is 1. The number of halogens is 1. The van der Waals surface area contributed by atoms with E-state index in [0.29, 0.717) is 0 Å². The minimum atomic E-state index is -0.913. The topological polar surface area (TPSA) is 26.3 Å². The molecule has 0 saturated heterocycles. The minimum Gasteiger partial charge on any atom is -0.467 e. The molecule has 4 heteroatoms. The van der Waals surface area contributed by atoms with E-state index in [1.54, 1.807) is 6.92 Å². The molecule has 0 amide bonds. The summed E-state index contributed by atoms with van der Waals surface area (Å²) in [5, 5.41) is 0. The number of hydrogen-bond donors (Lipinski definition) is 0. The van der Waals surface area contributed by atoms with Gasteiger partial charge in [-0.2, -0.15) is 0 Å². The molecule has 0 N–H and O–H groups in total. The van der Waals surface area contributed by atoms with Gasteiger partial charge in [-0.15, -0.1) is 11.8 Å². The van der Waals surface area contributed by atoms with Crippen LogP contribution in [0.2, 0.25) is 0 Å². The van der Waals surface area contributed by atoms with Crippen LogP contribution in [0.1, 0.15) is 26.7 Å². The second kappa shape index (κ2) is 5.70. The second-order valence-electron chi connectivity index (χ2n) is 2.61. The quantitative estimate of drug-likeness (QED) is 0.397. The zero-order valence-corrected chi connectivity index (χ0v) is 9.30.